The Hall–Kier alpha value is -1.82. The zero-order valence-corrected chi connectivity index (χ0v) is 12.6. The standard InChI is InChI=1S/C14H18O5S/c1-11(8-9-19-12(2)15)10-20(16,17)14-6-4-13(18-3)5-7-14/h4-8H,9-10H2,1-3H3. The van der Waals surface area contributed by atoms with Crippen molar-refractivity contribution in [1.29, 1.82) is 0 Å². The third-order valence-corrected chi connectivity index (χ3v) is 4.38. The normalized spacial score (nSPS) is 12.1. The van der Waals surface area contributed by atoms with Crippen LogP contribution < -0.4 is 4.74 Å². The average molecular weight is 298 g/mol. The van der Waals surface area contributed by atoms with Crippen LogP contribution in [0.3, 0.4) is 0 Å². The fraction of sp³-hybridized carbons (Fsp3) is 0.357. The quantitative estimate of drug-likeness (QED) is 0.593. The van der Waals surface area contributed by atoms with Crippen molar-refractivity contribution in [3.05, 3.63) is 35.9 Å². The average Bonchev–Trinajstić information content (AvgIpc) is 2.37. The molecule has 0 aliphatic heterocycles. The summed E-state index contributed by atoms with van der Waals surface area (Å²) in [5.74, 6) is 0.0961. The summed E-state index contributed by atoms with van der Waals surface area (Å²) in [5, 5.41) is 0. The first-order valence-corrected chi connectivity index (χ1v) is 7.66. The Morgan fingerprint density at radius 2 is 1.80 bits per heavy atom. The van der Waals surface area contributed by atoms with E-state index in [4.69, 9.17) is 9.47 Å². The highest BCUT2D eigenvalue weighted by atomic mass is 32.2. The summed E-state index contributed by atoms with van der Waals surface area (Å²) < 4.78 is 34.0. The third-order valence-electron chi connectivity index (χ3n) is 2.55. The minimum absolute atomic E-state index is 0.0826. The molecule has 6 heteroatoms. The number of methoxy groups -OCH3 is 1. The highest BCUT2D eigenvalue weighted by molar-refractivity contribution is 7.91. The van der Waals surface area contributed by atoms with Crippen LogP contribution in [0.1, 0.15) is 13.8 Å². The lowest BCUT2D eigenvalue weighted by Crippen LogP contribution is -2.09. The molecule has 0 saturated heterocycles. The van der Waals surface area contributed by atoms with Crippen LogP contribution in [0.4, 0.5) is 0 Å². The second kappa shape index (κ2) is 7.09. The maximum absolute atomic E-state index is 12.1. The molecule has 20 heavy (non-hydrogen) atoms. The molecule has 1 aromatic carbocycles. The van der Waals surface area contributed by atoms with Crippen LogP contribution in [-0.4, -0.2) is 33.9 Å². The van der Waals surface area contributed by atoms with Gasteiger partial charge in [-0.25, -0.2) is 8.42 Å². The van der Waals surface area contributed by atoms with E-state index in [1.807, 2.05) is 0 Å². The first-order valence-electron chi connectivity index (χ1n) is 6.01. The number of hydrogen-bond acceptors (Lipinski definition) is 5. The van der Waals surface area contributed by atoms with Gasteiger partial charge in [0.05, 0.1) is 17.8 Å². The van der Waals surface area contributed by atoms with Crippen LogP contribution in [-0.2, 0) is 19.4 Å². The molecule has 0 fully saturated rings. The third kappa shape index (κ3) is 5.05. The lowest BCUT2D eigenvalue weighted by atomic mass is 10.3. The molecule has 0 saturated carbocycles. The van der Waals surface area contributed by atoms with Crippen LogP contribution in [0.25, 0.3) is 0 Å². The lowest BCUT2D eigenvalue weighted by Gasteiger charge is -2.06. The van der Waals surface area contributed by atoms with E-state index in [0.29, 0.717) is 11.3 Å². The monoisotopic (exact) mass is 298 g/mol. The van der Waals surface area contributed by atoms with Gasteiger partial charge in [0.25, 0.3) is 0 Å². The molecule has 0 aromatic heterocycles. The van der Waals surface area contributed by atoms with Gasteiger partial charge in [0.2, 0.25) is 0 Å². The van der Waals surface area contributed by atoms with E-state index in [1.54, 1.807) is 25.1 Å². The molecule has 1 aromatic rings. The highest BCUT2D eigenvalue weighted by Crippen LogP contribution is 2.18. The summed E-state index contributed by atoms with van der Waals surface area (Å²) >= 11 is 0. The largest absolute Gasteiger partial charge is 0.497 e. The summed E-state index contributed by atoms with van der Waals surface area (Å²) in [5.41, 5.74) is 0.627. The highest BCUT2D eigenvalue weighted by Gasteiger charge is 2.15. The fourth-order valence-electron chi connectivity index (χ4n) is 1.53. The van der Waals surface area contributed by atoms with Gasteiger partial charge in [-0.2, -0.15) is 0 Å². The van der Waals surface area contributed by atoms with Crippen molar-refractivity contribution >= 4 is 15.8 Å². The summed E-state index contributed by atoms with van der Waals surface area (Å²) in [4.78, 5) is 10.8. The van der Waals surface area contributed by atoms with Gasteiger partial charge in [-0.3, -0.25) is 4.79 Å². The number of esters is 1. The molecule has 0 aliphatic carbocycles. The Morgan fingerprint density at radius 3 is 2.30 bits per heavy atom. The van der Waals surface area contributed by atoms with Crippen molar-refractivity contribution in [1.82, 2.24) is 0 Å². The molecule has 0 unspecified atom stereocenters. The van der Waals surface area contributed by atoms with E-state index in [0.717, 1.165) is 0 Å². The number of benzene rings is 1. The number of carbonyl (C=O) groups excluding carboxylic acids is 1. The van der Waals surface area contributed by atoms with E-state index in [-0.39, 0.29) is 17.3 Å². The maximum atomic E-state index is 12.1. The Morgan fingerprint density at radius 1 is 1.20 bits per heavy atom. The van der Waals surface area contributed by atoms with Crippen molar-refractivity contribution in [3.8, 4) is 5.75 Å². The van der Waals surface area contributed by atoms with E-state index in [1.165, 1.54) is 26.2 Å². The molecular formula is C14H18O5S. The van der Waals surface area contributed by atoms with Gasteiger partial charge in [0, 0.05) is 6.92 Å². The van der Waals surface area contributed by atoms with Gasteiger partial charge in [0.1, 0.15) is 12.4 Å². The smallest absolute Gasteiger partial charge is 0.302 e. The predicted molar refractivity (Wildman–Crippen MR) is 75.4 cm³/mol. The van der Waals surface area contributed by atoms with Crippen molar-refractivity contribution in [2.45, 2.75) is 18.7 Å². The number of carbonyl (C=O) groups is 1. The zero-order valence-electron chi connectivity index (χ0n) is 11.8. The van der Waals surface area contributed by atoms with Crippen LogP contribution >= 0.6 is 0 Å². The number of hydrogen-bond donors (Lipinski definition) is 0. The van der Waals surface area contributed by atoms with Crippen LogP contribution in [0, 0.1) is 0 Å². The Kier molecular flexibility index (Phi) is 5.76. The molecule has 0 atom stereocenters. The van der Waals surface area contributed by atoms with Gasteiger partial charge in [0.15, 0.2) is 9.84 Å². The van der Waals surface area contributed by atoms with Gasteiger partial charge in [-0.15, -0.1) is 0 Å². The SMILES string of the molecule is COc1ccc(S(=O)(=O)CC(C)=CCOC(C)=O)cc1. The molecule has 110 valence electrons. The Labute approximate surface area is 119 Å². The minimum atomic E-state index is -3.40. The molecule has 1 rings (SSSR count). The van der Waals surface area contributed by atoms with Crippen molar-refractivity contribution in [2.24, 2.45) is 0 Å². The molecule has 0 bridgehead atoms. The maximum Gasteiger partial charge on any atom is 0.302 e. The van der Waals surface area contributed by atoms with E-state index in [9.17, 15) is 13.2 Å². The molecule has 0 amide bonds. The van der Waals surface area contributed by atoms with Crippen molar-refractivity contribution in [3.63, 3.8) is 0 Å². The van der Waals surface area contributed by atoms with Crippen LogP contribution in [0.15, 0.2) is 40.8 Å². The number of rotatable bonds is 6. The van der Waals surface area contributed by atoms with Gasteiger partial charge in [-0.05, 0) is 37.3 Å². The van der Waals surface area contributed by atoms with E-state index in [2.05, 4.69) is 0 Å². The first-order chi connectivity index (χ1) is 9.35. The number of sulfone groups is 1. The molecule has 0 aliphatic rings. The zero-order chi connectivity index (χ0) is 15.2. The van der Waals surface area contributed by atoms with Crippen LogP contribution in [0.2, 0.25) is 0 Å². The summed E-state index contributed by atoms with van der Waals surface area (Å²) in [6.45, 7) is 3.07. The Bertz CT molecular complexity index is 584. The minimum Gasteiger partial charge on any atom is -0.497 e. The van der Waals surface area contributed by atoms with Crippen molar-refractivity contribution < 1.29 is 22.7 Å². The van der Waals surface area contributed by atoms with E-state index < -0.39 is 15.8 Å². The Balaban J connectivity index is 2.75. The van der Waals surface area contributed by atoms with E-state index >= 15 is 0 Å². The van der Waals surface area contributed by atoms with Gasteiger partial charge in [-0.1, -0.05) is 5.57 Å². The summed E-state index contributed by atoms with van der Waals surface area (Å²) in [6.07, 6.45) is 1.59. The first kappa shape index (κ1) is 16.2. The van der Waals surface area contributed by atoms with Crippen LogP contribution in [0.5, 0.6) is 5.75 Å². The summed E-state index contributed by atoms with van der Waals surface area (Å²) in [6, 6.07) is 6.22. The van der Waals surface area contributed by atoms with Gasteiger partial charge >= 0.3 is 5.97 Å². The molecule has 5 nitrogen and oxygen atoms in total. The van der Waals surface area contributed by atoms with Crippen molar-refractivity contribution in [2.75, 3.05) is 19.5 Å². The molecule has 0 N–H and O–H groups in total. The lowest BCUT2D eigenvalue weighted by molar-refractivity contribution is -0.139. The predicted octanol–water partition coefficient (Wildman–Crippen LogP) is 1.98. The molecule has 0 radical (unpaired) electrons. The fourth-order valence-corrected chi connectivity index (χ4v) is 2.96. The topological polar surface area (TPSA) is 69.7 Å². The molecule has 0 spiro atoms. The second-order valence-electron chi connectivity index (χ2n) is 4.29. The molecule has 0 heterocycles. The summed E-state index contributed by atoms with van der Waals surface area (Å²) in [7, 11) is -1.88. The number of ether oxygens (including phenoxy) is 2. The van der Waals surface area contributed by atoms with Gasteiger partial charge < -0.3 is 9.47 Å². The second-order valence-corrected chi connectivity index (χ2v) is 6.28. The molecular weight excluding hydrogens is 280 g/mol.